The monoisotopic (exact) mass is 262 g/mol. The predicted octanol–water partition coefficient (Wildman–Crippen LogP) is 5.52. The first-order chi connectivity index (χ1) is 8.08. The average Bonchev–Trinajstić information content (AvgIpc) is 3.05. The molecule has 1 fully saturated rings. The second kappa shape index (κ2) is 11.7. The predicted molar refractivity (Wildman–Crippen MR) is 74.7 cm³/mol. The highest BCUT2D eigenvalue weighted by molar-refractivity contribution is 6.30. The molecule has 0 heterocycles. The van der Waals surface area contributed by atoms with Crippen molar-refractivity contribution in [2.45, 2.75) is 53.6 Å². The van der Waals surface area contributed by atoms with Gasteiger partial charge in [0.15, 0.2) is 0 Å². The number of rotatable bonds is 0. The largest absolute Gasteiger partial charge is 0.508 e. The third-order valence-electron chi connectivity index (χ3n) is 1.53. The van der Waals surface area contributed by atoms with Crippen molar-refractivity contribution in [2.24, 2.45) is 0 Å². The van der Waals surface area contributed by atoms with Gasteiger partial charge in [0.25, 0.3) is 0 Å². The zero-order chi connectivity index (χ0) is 13.8. The lowest BCUT2D eigenvalue weighted by Gasteiger charge is -1.94. The Morgan fingerprint density at radius 1 is 1.12 bits per heavy atom. The number of aryl methyl sites for hydroxylation is 1. The van der Waals surface area contributed by atoms with E-state index < -0.39 is 6.17 Å². The zero-order valence-electron chi connectivity index (χ0n) is 11.4. The number of hydrogen-bond donors (Lipinski definition) is 1. The van der Waals surface area contributed by atoms with Crippen molar-refractivity contribution in [3.8, 4) is 5.75 Å². The van der Waals surface area contributed by atoms with E-state index in [2.05, 4.69) is 0 Å². The summed E-state index contributed by atoms with van der Waals surface area (Å²) in [6.07, 6.45) is 1.22. The molecule has 1 N–H and O–H groups in total. The lowest BCUT2D eigenvalue weighted by Crippen LogP contribution is -1.70. The van der Waals surface area contributed by atoms with Crippen LogP contribution in [0.1, 0.15) is 46.1 Å². The molecule has 1 saturated carbocycles. The van der Waals surface area contributed by atoms with E-state index in [0.29, 0.717) is 5.02 Å². The number of hydrogen-bond acceptors (Lipinski definition) is 1. The molecule has 17 heavy (non-hydrogen) atoms. The Morgan fingerprint density at radius 3 is 1.76 bits per heavy atom. The lowest BCUT2D eigenvalue weighted by molar-refractivity contribution is 0.475. The second-order valence-corrected chi connectivity index (χ2v) is 3.60. The van der Waals surface area contributed by atoms with Crippen LogP contribution in [0.4, 0.5) is 4.39 Å². The van der Waals surface area contributed by atoms with Gasteiger partial charge in [0.05, 0.1) is 0 Å². The molecule has 0 bridgehead atoms. The van der Waals surface area contributed by atoms with E-state index in [1.807, 2.05) is 34.6 Å². The molecule has 0 radical (unpaired) electrons. The van der Waals surface area contributed by atoms with Crippen molar-refractivity contribution in [3.05, 3.63) is 28.8 Å². The van der Waals surface area contributed by atoms with E-state index >= 15 is 0 Å². The van der Waals surface area contributed by atoms with E-state index in [1.165, 1.54) is 6.07 Å². The molecule has 0 atom stereocenters. The average molecular weight is 263 g/mol. The van der Waals surface area contributed by atoms with Crippen molar-refractivity contribution in [1.82, 2.24) is 0 Å². The molecule has 0 unspecified atom stereocenters. The zero-order valence-corrected chi connectivity index (χ0v) is 12.2. The summed E-state index contributed by atoms with van der Waals surface area (Å²) in [6.45, 7) is 9.88. The van der Waals surface area contributed by atoms with Gasteiger partial charge in [-0.2, -0.15) is 0 Å². The molecule has 1 aliphatic carbocycles. The highest BCUT2D eigenvalue weighted by Gasteiger charge is 2.18. The minimum atomic E-state index is -0.417. The summed E-state index contributed by atoms with van der Waals surface area (Å²) in [5.41, 5.74) is 0.972. The summed E-state index contributed by atoms with van der Waals surface area (Å²) >= 11 is 5.59. The minimum absolute atomic E-state index is 0.222. The minimum Gasteiger partial charge on any atom is -0.508 e. The third kappa shape index (κ3) is 13.2. The number of halogens is 2. The Kier molecular flexibility index (Phi) is 12.8. The second-order valence-electron chi connectivity index (χ2n) is 3.16. The molecule has 0 saturated heterocycles. The van der Waals surface area contributed by atoms with Gasteiger partial charge in [0.2, 0.25) is 0 Å². The van der Waals surface area contributed by atoms with Crippen molar-refractivity contribution in [1.29, 1.82) is 0 Å². The Hall–Kier alpha value is -0.760. The molecule has 1 nitrogen and oxygen atoms in total. The normalized spacial score (nSPS) is 11.9. The Balaban J connectivity index is 0. The Morgan fingerprint density at radius 2 is 1.53 bits per heavy atom. The summed E-state index contributed by atoms with van der Waals surface area (Å²) < 4.78 is 11.1. The van der Waals surface area contributed by atoms with Crippen LogP contribution in [0, 0.1) is 6.92 Å². The van der Waals surface area contributed by atoms with Gasteiger partial charge in [0, 0.05) is 5.02 Å². The van der Waals surface area contributed by atoms with Crippen molar-refractivity contribution < 1.29 is 9.50 Å². The maximum Gasteiger partial charge on any atom is 0.117 e. The standard InChI is InChI=1S/C7H7ClO.C3H5F.2C2H6/c1-5-2-6(8)4-7(9)3-5;4-3-1-2-3;2*1-2/h2-4,9H,1H3;3H,1-2H2;2*1-2H3. The molecule has 0 spiro atoms. The fraction of sp³-hybridized carbons (Fsp3) is 0.571. The van der Waals surface area contributed by atoms with Gasteiger partial charge in [-0.05, 0) is 43.5 Å². The molecule has 3 heteroatoms. The van der Waals surface area contributed by atoms with Gasteiger partial charge in [0.1, 0.15) is 11.9 Å². The van der Waals surface area contributed by atoms with Crippen LogP contribution in [0.2, 0.25) is 5.02 Å². The van der Waals surface area contributed by atoms with E-state index in [9.17, 15) is 4.39 Å². The van der Waals surface area contributed by atoms with Gasteiger partial charge in [-0.15, -0.1) is 0 Å². The number of phenols is 1. The van der Waals surface area contributed by atoms with Gasteiger partial charge in [-0.25, -0.2) is 4.39 Å². The van der Waals surface area contributed by atoms with E-state index in [1.54, 1.807) is 12.1 Å². The lowest BCUT2D eigenvalue weighted by atomic mass is 10.2. The molecule has 0 aliphatic heterocycles. The molecule has 1 aromatic rings. The van der Waals surface area contributed by atoms with Crippen LogP contribution in [-0.2, 0) is 0 Å². The highest BCUT2D eigenvalue weighted by Crippen LogP contribution is 2.22. The van der Waals surface area contributed by atoms with Crippen LogP contribution < -0.4 is 0 Å². The van der Waals surface area contributed by atoms with E-state index in [4.69, 9.17) is 16.7 Å². The van der Waals surface area contributed by atoms with Crippen LogP contribution in [0.5, 0.6) is 5.75 Å². The first-order valence-electron chi connectivity index (χ1n) is 6.18. The van der Waals surface area contributed by atoms with Crippen LogP contribution in [-0.4, -0.2) is 11.3 Å². The van der Waals surface area contributed by atoms with Gasteiger partial charge >= 0.3 is 0 Å². The molecular weight excluding hydrogens is 239 g/mol. The summed E-state index contributed by atoms with van der Waals surface area (Å²) in [5, 5.41) is 9.49. The first-order valence-corrected chi connectivity index (χ1v) is 6.56. The molecule has 1 aliphatic rings. The summed E-state index contributed by atoms with van der Waals surface area (Å²) in [5.74, 6) is 0.222. The van der Waals surface area contributed by atoms with Crippen LogP contribution in [0.25, 0.3) is 0 Å². The molecule has 0 amide bonds. The number of aromatic hydroxyl groups is 1. The van der Waals surface area contributed by atoms with E-state index in [0.717, 1.165) is 18.4 Å². The molecular formula is C14H24ClFO. The molecule has 100 valence electrons. The third-order valence-corrected chi connectivity index (χ3v) is 1.75. The number of phenolic OH excluding ortho intramolecular Hbond substituents is 1. The van der Waals surface area contributed by atoms with Crippen molar-refractivity contribution in [2.75, 3.05) is 0 Å². The quantitative estimate of drug-likeness (QED) is 0.652. The van der Waals surface area contributed by atoms with Crippen molar-refractivity contribution >= 4 is 11.6 Å². The SMILES string of the molecule is CC.CC.Cc1cc(O)cc(Cl)c1.FC1CC1. The fourth-order valence-corrected chi connectivity index (χ4v) is 1.06. The Bertz CT molecular complexity index is 235. The fourth-order valence-electron chi connectivity index (χ4n) is 0.780. The van der Waals surface area contributed by atoms with Crippen LogP contribution in [0.3, 0.4) is 0 Å². The Labute approximate surface area is 110 Å². The number of alkyl halides is 1. The summed E-state index contributed by atoms with van der Waals surface area (Å²) in [6, 6.07) is 4.96. The summed E-state index contributed by atoms with van der Waals surface area (Å²) in [4.78, 5) is 0. The highest BCUT2D eigenvalue weighted by atomic mass is 35.5. The number of benzene rings is 1. The summed E-state index contributed by atoms with van der Waals surface area (Å²) in [7, 11) is 0. The maximum absolute atomic E-state index is 11.1. The van der Waals surface area contributed by atoms with E-state index in [-0.39, 0.29) is 5.75 Å². The van der Waals surface area contributed by atoms with Gasteiger partial charge in [-0.1, -0.05) is 39.3 Å². The van der Waals surface area contributed by atoms with Crippen LogP contribution >= 0.6 is 11.6 Å². The van der Waals surface area contributed by atoms with Gasteiger partial charge in [-0.3, -0.25) is 0 Å². The molecule has 2 rings (SSSR count). The van der Waals surface area contributed by atoms with Crippen molar-refractivity contribution in [3.63, 3.8) is 0 Å². The van der Waals surface area contributed by atoms with Crippen LogP contribution in [0.15, 0.2) is 18.2 Å². The molecule has 0 aromatic heterocycles. The molecule has 1 aromatic carbocycles. The van der Waals surface area contributed by atoms with Gasteiger partial charge < -0.3 is 5.11 Å². The first kappa shape index (κ1) is 18.6. The topological polar surface area (TPSA) is 20.2 Å². The maximum atomic E-state index is 11.1. The smallest absolute Gasteiger partial charge is 0.117 e.